The molecular weight excluding hydrogens is 360 g/mol. The highest BCUT2D eigenvalue weighted by Gasteiger charge is 2.76. The first-order chi connectivity index (χ1) is 12.9. The van der Waals surface area contributed by atoms with Gasteiger partial charge in [0, 0.05) is 24.7 Å². The first-order valence-corrected chi connectivity index (χ1v) is 10.3. The number of hydrogen-bond donors (Lipinski definition) is 1. The van der Waals surface area contributed by atoms with E-state index in [9.17, 15) is 19.5 Å². The number of aliphatic hydroxyl groups excluding tert-OH is 1. The molecule has 0 radical (unpaired) electrons. The highest BCUT2D eigenvalue weighted by molar-refractivity contribution is 6.08. The number of rotatable bonds is 1. The molecule has 1 saturated heterocycles. The van der Waals surface area contributed by atoms with Gasteiger partial charge < -0.3 is 14.6 Å². The van der Waals surface area contributed by atoms with Crippen molar-refractivity contribution in [3.63, 3.8) is 0 Å². The van der Waals surface area contributed by atoms with Gasteiger partial charge in [0.2, 0.25) is 0 Å². The number of esters is 1. The van der Waals surface area contributed by atoms with Crippen LogP contribution in [-0.4, -0.2) is 46.6 Å². The fraction of sp³-hybridized carbons (Fsp3) is 0.773. The summed E-state index contributed by atoms with van der Waals surface area (Å²) in [6, 6.07) is 0. The third-order valence-electron chi connectivity index (χ3n) is 7.96. The molecule has 4 rings (SSSR count). The fourth-order valence-electron chi connectivity index (χ4n) is 6.43. The fourth-order valence-corrected chi connectivity index (χ4v) is 6.43. The summed E-state index contributed by atoms with van der Waals surface area (Å²) in [6.07, 6.45) is 0.635. The lowest BCUT2D eigenvalue weighted by molar-refractivity contribution is -0.164. The summed E-state index contributed by atoms with van der Waals surface area (Å²) < 4.78 is 11.3. The Morgan fingerprint density at radius 1 is 1.21 bits per heavy atom. The largest absolute Gasteiger partial charge is 0.454 e. The summed E-state index contributed by atoms with van der Waals surface area (Å²) in [5.74, 6) is -1.43. The summed E-state index contributed by atoms with van der Waals surface area (Å²) in [5.41, 5.74) is -1.78. The van der Waals surface area contributed by atoms with Crippen molar-refractivity contribution in [1.82, 2.24) is 0 Å². The average molecular weight is 390 g/mol. The first kappa shape index (κ1) is 19.8. The molecule has 1 N–H and O–H groups in total. The molecule has 0 amide bonds. The molecule has 0 aromatic carbocycles. The summed E-state index contributed by atoms with van der Waals surface area (Å²) in [4.78, 5) is 38.4. The Labute approximate surface area is 165 Å². The van der Waals surface area contributed by atoms with E-state index in [1.165, 1.54) is 6.92 Å². The van der Waals surface area contributed by atoms with Gasteiger partial charge in [-0.25, -0.2) is 0 Å². The van der Waals surface area contributed by atoms with Crippen LogP contribution < -0.4 is 0 Å². The average Bonchev–Trinajstić information content (AvgIpc) is 3.30. The zero-order valence-corrected chi connectivity index (χ0v) is 17.1. The topological polar surface area (TPSA) is 93.2 Å². The Bertz CT molecular complexity index is 769. The van der Waals surface area contributed by atoms with E-state index in [1.807, 2.05) is 6.92 Å². The monoisotopic (exact) mass is 390 g/mol. The molecule has 4 aliphatic rings. The highest BCUT2D eigenvalue weighted by Crippen LogP contribution is 2.61. The van der Waals surface area contributed by atoms with Crippen molar-refractivity contribution < 1.29 is 29.0 Å². The van der Waals surface area contributed by atoms with Crippen LogP contribution in [0.5, 0.6) is 0 Å². The standard InChI is InChI=1S/C22H30O6/c1-11-13-9-14(27-12(2)23)18(26)21(5)8-6-7-20(3,4)15(21)10-16(24)22(17(11)25)19(13)28-22/h13-16,19,24H,1,6-10H2,2-5H3/t13-,14+,15-,16-,19-,21-,22+/m1/s1. The first-order valence-electron chi connectivity index (χ1n) is 10.3. The third kappa shape index (κ3) is 2.50. The number of hydrogen-bond acceptors (Lipinski definition) is 6. The molecule has 0 spiro atoms. The Hall–Kier alpha value is -1.53. The van der Waals surface area contributed by atoms with Crippen molar-refractivity contribution in [2.75, 3.05) is 0 Å². The van der Waals surface area contributed by atoms with E-state index in [0.717, 1.165) is 12.8 Å². The van der Waals surface area contributed by atoms with Crippen molar-refractivity contribution in [1.29, 1.82) is 0 Å². The van der Waals surface area contributed by atoms with Crippen LogP contribution in [-0.2, 0) is 23.9 Å². The maximum absolute atomic E-state index is 13.7. The van der Waals surface area contributed by atoms with Crippen molar-refractivity contribution in [2.24, 2.45) is 22.7 Å². The van der Waals surface area contributed by atoms with Gasteiger partial charge in [-0.2, -0.15) is 0 Å². The van der Waals surface area contributed by atoms with E-state index in [2.05, 4.69) is 20.4 Å². The van der Waals surface area contributed by atoms with Gasteiger partial charge in [-0.1, -0.05) is 33.8 Å². The highest BCUT2D eigenvalue weighted by atomic mass is 16.6. The van der Waals surface area contributed by atoms with Crippen molar-refractivity contribution in [3.05, 3.63) is 12.2 Å². The Morgan fingerprint density at radius 2 is 1.89 bits per heavy atom. The number of carbonyl (C=O) groups is 3. The molecule has 2 bridgehead atoms. The van der Waals surface area contributed by atoms with Gasteiger partial charge in [-0.3, -0.25) is 14.4 Å². The lowest BCUT2D eigenvalue weighted by atomic mass is 9.52. The number of epoxide rings is 1. The van der Waals surface area contributed by atoms with Gasteiger partial charge in [0.15, 0.2) is 23.3 Å². The van der Waals surface area contributed by atoms with Crippen molar-refractivity contribution >= 4 is 17.5 Å². The Kier molecular flexibility index (Phi) is 4.23. The number of ketones is 2. The maximum Gasteiger partial charge on any atom is 0.303 e. The van der Waals surface area contributed by atoms with Crippen molar-refractivity contribution in [2.45, 2.75) is 83.7 Å². The van der Waals surface area contributed by atoms with E-state index >= 15 is 0 Å². The molecule has 7 atom stereocenters. The van der Waals surface area contributed by atoms with Crippen LogP contribution in [0.1, 0.15) is 59.8 Å². The minimum absolute atomic E-state index is 0.104. The number of carbonyl (C=O) groups excluding carboxylic acids is 3. The molecule has 0 aromatic rings. The minimum atomic E-state index is -1.22. The molecular formula is C22H30O6. The molecule has 3 saturated carbocycles. The molecule has 0 aromatic heterocycles. The Morgan fingerprint density at radius 3 is 2.54 bits per heavy atom. The summed E-state index contributed by atoms with van der Waals surface area (Å²) in [6.45, 7) is 11.4. The maximum atomic E-state index is 13.7. The predicted octanol–water partition coefficient (Wildman–Crippen LogP) is 2.37. The molecule has 4 fully saturated rings. The van der Waals surface area contributed by atoms with E-state index in [1.54, 1.807) is 0 Å². The van der Waals surface area contributed by atoms with Crippen LogP contribution >= 0.6 is 0 Å². The van der Waals surface area contributed by atoms with E-state index in [0.29, 0.717) is 18.4 Å². The second kappa shape index (κ2) is 5.99. The minimum Gasteiger partial charge on any atom is -0.454 e. The van der Waals surface area contributed by atoms with Gasteiger partial charge in [0.1, 0.15) is 6.10 Å². The smallest absolute Gasteiger partial charge is 0.303 e. The van der Waals surface area contributed by atoms with Gasteiger partial charge in [-0.05, 0) is 36.2 Å². The van der Waals surface area contributed by atoms with E-state index in [4.69, 9.17) is 9.47 Å². The van der Waals surface area contributed by atoms with E-state index in [-0.39, 0.29) is 29.3 Å². The molecule has 1 heterocycles. The zero-order valence-electron chi connectivity index (χ0n) is 17.1. The van der Waals surface area contributed by atoms with Crippen LogP contribution in [0, 0.1) is 22.7 Å². The summed E-state index contributed by atoms with van der Waals surface area (Å²) in [5, 5.41) is 11.1. The van der Waals surface area contributed by atoms with Crippen LogP contribution in [0.15, 0.2) is 12.2 Å². The molecule has 154 valence electrons. The second-order valence-electron chi connectivity index (χ2n) is 10.1. The van der Waals surface area contributed by atoms with Crippen LogP contribution in [0.25, 0.3) is 0 Å². The van der Waals surface area contributed by atoms with Gasteiger partial charge in [0.05, 0.1) is 6.10 Å². The molecule has 6 heteroatoms. The van der Waals surface area contributed by atoms with Crippen LogP contribution in [0.2, 0.25) is 0 Å². The lowest BCUT2D eigenvalue weighted by Crippen LogP contribution is -2.54. The molecule has 0 unspecified atom stereocenters. The SMILES string of the molecule is C=C1C(=O)[C@]23O[C@@H]2[C@@H]1C[C@H](OC(C)=O)C(=O)[C@]1(C)CCCC(C)(C)[C@H]1C[C@H]3O. The number of Topliss-reactive ketones (excluding diaryl/α,β-unsaturated/α-hetero) is 2. The zero-order chi connectivity index (χ0) is 20.6. The number of aliphatic hydroxyl groups is 1. The summed E-state index contributed by atoms with van der Waals surface area (Å²) in [7, 11) is 0. The van der Waals surface area contributed by atoms with Gasteiger partial charge in [0.25, 0.3) is 0 Å². The molecule has 6 nitrogen and oxygen atoms in total. The molecule has 1 aliphatic heterocycles. The predicted molar refractivity (Wildman–Crippen MR) is 100 cm³/mol. The van der Waals surface area contributed by atoms with Crippen LogP contribution in [0.3, 0.4) is 0 Å². The second-order valence-corrected chi connectivity index (χ2v) is 10.1. The summed E-state index contributed by atoms with van der Waals surface area (Å²) >= 11 is 0. The van der Waals surface area contributed by atoms with Gasteiger partial charge >= 0.3 is 5.97 Å². The number of fused-ring (bicyclic) bond motifs is 1. The normalized spacial score (nSPS) is 47.2. The van der Waals surface area contributed by atoms with Crippen LogP contribution in [0.4, 0.5) is 0 Å². The van der Waals surface area contributed by atoms with E-state index < -0.39 is 41.2 Å². The molecule has 3 aliphatic carbocycles. The lowest BCUT2D eigenvalue weighted by Gasteiger charge is -2.51. The third-order valence-corrected chi connectivity index (χ3v) is 7.96. The van der Waals surface area contributed by atoms with Crippen molar-refractivity contribution in [3.8, 4) is 0 Å². The number of ether oxygens (including phenoxy) is 2. The molecule has 28 heavy (non-hydrogen) atoms. The Balaban J connectivity index is 1.82. The van der Waals surface area contributed by atoms with Gasteiger partial charge in [-0.15, -0.1) is 0 Å². The quantitative estimate of drug-likeness (QED) is 0.420.